The van der Waals surface area contributed by atoms with Gasteiger partial charge < -0.3 is 0 Å². The SMILES string of the molecule is CC([CH]c1ccc(C(F)(F)F)cc1)Cc1ccccc1. The van der Waals surface area contributed by atoms with Crippen molar-refractivity contribution in [1.29, 1.82) is 0 Å². The van der Waals surface area contributed by atoms with Gasteiger partial charge in [-0.25, -0.2) is 0 Å². The van der Waals surface area contributed by atoms with Crippen molar-refractivity contribution in [2.45, 2.75) is 19.5 Å². The van der Waals surface area contributed by atoms with Crippen LogP contribution in [0.5, 0.6) is 0 Å². The third kappa shape index (κ3) is 4.12. The molecule has 0 spiro atoms. The normalized spacial score (nSPS) is 13.2. The smallest absolute Gasteiger partial charge is 0.166 e. The van der Waals surface area contributed by atoms with Crippen LogP contribution < -0.4 is 0 Å². The van der Waals surface area contributed by atoms with Crippen LogP contribution in [0.1, 0.15) is 23.6 Å². The van der Waals surface area contributed by atoms with E-state index in [2.05, 4.69) is 19.1 Å². The lowest BCUT2D eigenvalue weighted by molar-refractivity contribution is -0.137. The predicted molar refractivity (Wildman–Crippen MR) is 74.2 cm³/mol. The summed E-state index contributed by atoms with van der Waals surface area (Å²) in [6.07, 6.45) is -1.40. The average molecular weight is 277 g/mol. The summed E-state index contributed by atoms with van der Waals surface area (Å²) in [5.74, 6) is 0.272. The molecule has 2 aromatic rings. The minimum atomic E-state index is -4.27. The highest BCUT2D eigenvalue weighted by Crippen LogP contribution is 2.29. The zero-order valence-electron chi connectivity index (χ0n) is 11.2. The first kappa shape index (κ1) is 14.6. The van der Waals surface area contributed by atoms with Gasteiger partial charge in [0.15, 0.2) is 0 Å². The molecule has 0 N–H and O–H groups in total. The van der Waals surface area contributed by atoms with Gasteiger partial charge >= 0.3 is 6.18 Å². The van der Waals surface area contributed by atoms with Crippen molar-refractivity contribution in [3.8, 4) is 0 Å². The fourth-order valence-electron chi connectivity index (χ4n) is 2.16. The molecule has 0 amide bonds. The van der Waals surface area contributed by atoms with Gasteiger partial charge in [0.05, 0.1) is 5.56 Å². The van der Waals surface area contributed by atoms with Gasteiger partial charge in [0, 0.05) is 0 Å². The minimum absolute atomic E-state index is 0.272. The van der Waals surface area contributed by atoms with Crippen LogP contribution in [0.25, 0.3) is 0 Å². The highest BCUT2D eigenvalue weighted by Gasteiger charge is 2.29. The number of hydrogen-bond donors (Lipinski definition) is 0. The highest BCUT2D eigenvalue weighted by atomic mass is 19.4. The molecule has 20 heavy (non-hydrogen) atoms. The predicted octanol–water partition coefficient (Wildman–Crippen LogP) is 5.14. The van der Waals surface area contributed by atoms with Gasteiger partial charge in [-0.15, -0.1) is 0 Å². The summed E-state index contributed by atoms with van der Waals surface area (Å²) >= 11 is 0. The van der Waals surface area contributed by atoms with E-state index in [9.17, 15) is 13.2 Å². The first-order valence-corrected chi connectivity index (χ1v) is 6.51. The summed E-state index contributed by atoms with van der Waals surface area (Å²) < 4.78 is 37.4. The van der Waals surface area contributed by atoms with Crippen LogP contribution in [-0.2, 0) is 12.6 Å². The van der Waals surface area contributed by atoms with Gasteiger partial charge in [0.1, 0.15) is 0 Å². The van der Waals surface area contributed by atoms with Crippen LogP contribution in [0.4, 0.5) is 13.2 Å². The number of benzene rings is 2. The van der Waals surface area contributed by atoms with Gasteiger partial charge in [0.25, 0.3) is 0 Å². The van der Waals surface area contributed by atoms with Crippen molar-refractivity contribution in [3.05, 3.63) is 77.7 Å². The van der Waals surface area contributed by atoms with Gasteiger partial charge in [-0.1, -0.05) is 49.4 Å². The molecule has 1 atom stereocenters. The largest absolute Gasteiger partial charge is 0.416 e. The number of hydrogen-bond acceptors (Lipinski definition) is 0. The summed E-state index contributed by atoms with van der Waals surface area (Å²) in [7, 11) is 0. The van der Waals surface area contributed by atoms with E-state index >= 15 is 0 Å². The molecular weight excluding hydrogens is 261 g/mol. The molecule has 0 aliphatic rings. The molecule has 2 aromatic carbocycles. The van der Waals surface area contributed by atoms with Gasteiger partial charge in [-0.3, -0.25) is 0 Å². The first-order chi connectivity index (χ1) is 9.45. The van der Waals surface area contributed by atoms with E-state index in [1.54, 1.807) is 0 Å². The van der Waals surface area contributed by atoms with E-state index in [-0.39, 0.29) is 5.92 Å². The van der Waals surface area contributed by atoms with Crippen LogP contribution in [0.15, 0.2) is 54.6 Å². The maximum absolute atomic E-state index is 12.5. The Bertz CT molecular complexity index is 526. The molecule has 0 saturated heterocycles. The van der Waals surface area contributed by atoms with E-state index in [1.165, 1.54) is 17.7 Å². The lowest BCUT2D eigenvalue weighted by atomic mass is 9.94. The van der Waals surface area contributed by atoms with E-state index in [1.807, 2.05) is 24.6 Å². The van der Waals surface area contributed by atoms with Crippen molar-refractivity contribution in [2.24, 2.45) is 5.92 Å². The quantitative estimate of drug-likeness (QED) is 0.726. The standard InChI is InChI=1S/C17H16F3/c1-13(11-14-5-3-2-4-6-14)12-15-7-9-16(10-8-15)17(18,19)20/h2-10,12-13H,11H2,1H3. The van der Waals surface area contributed by atoms with Crippen LogP contribution >= 0.6 is 0 Å². The summed E-state index contributed by atoms with van der Waals surface area (Å²) in [6.45, 7) is 2.06. The molecule has 0 bridgehead atoms. The lowest BCUT2D eigenvalue weighted by Gasteiger charge is -2.12. The van der Waals surface area contributed by atoms with E-state index < -0.39 is 11.7 Å². The van der Waals surface area contributed by atoms with Gasteiger partial charge in [0.2, 0.25) is 0 Å². The van der Waals surface area contributed by atoms with Crippen LogP contribution in [-0.4, -0.2) is 0 Å². The zero-order chi connectivity index (χ0) is 14.6. The van der Waals surface area contributed by atoms with Crippen LogP contribution in [0, 0.1) is 12.3 Å². The Morgan fingerprint density at radius 3 is 2.10 bits per heavy atom. The molecule has 105 valence electrons. The third-order valence-electron chi connectivity index (χ3n) is 3.12. The molecule has 0 aliphatic heterocycles. The Balaban J connectivity index is 1.96. The van der Waals surface area contributed by atoms with E-state index in [0.29, 0.717) is 0 Å². The van der Waals surface area contributed by atoms with Crippen LogP contribution in [0.2, 0.25) is 0 Å². The number of alkyl halides is 3. The van der Waals surface area contributed by atoms with Gasteiger partial charge in [-0.2, -0.15) is 13.2 Å². The van der Waals surface area contributed by atoms with E-state index in [0.717, 1.165) is 24.1 Å². The molecule has 1 radical (unpaired) electrons. The van der Waals surface area contributed by atoms with Crippen molar-refractivity contribution >= 4 is 0 Å². The first-order valence-electron chi connectivity index (χ1n) is 6.51. The maximum Gasteiger partial charge on any atom is 0.416 e. The second-order valence-electron chi connectivity index (χ2n) is 4.95. The van der Waals surface area contributed by atoms with Crippen LogP contribution in [0.3, 0.4) is 0 Å². The molecular formula is C17H16F3. The second kappa shape index (κ2) is 6.12. The second-order valence-corrected chi connectivity index (χ2v) is 4.95. The average Bonchev–Trinajstić information content (AvgIpc) is 2.39. The lowest BCUT2D eigenvalue weighted by Crippen LogP contribution is -2.05. The molecule has 0 saturated carbocycles. The topological polar surface area (TPSA) is 0 Å². The number of rotatable bonds is 4. The summed E-state index contributed by atoms with van der Waals surface area (Å²) in [6, 6.07) is 15.3. The summed E-state index contributed by atoms with van der Waals surface area (Å²) in [4.78, 5) is 0. The third-order valence-corrected chi connectivity index (χ3v) is 3.12. The molecule has 2 rings (SSSR count). The number of halogens is 3. The van der Waals surface area contributed by atoms with Crippen molar-refractivity contribution < 1.29 is 13.2 Å². The molecule has 0 aromatic heterocycles. The molecule has 0 nitrogen and oxygen atoms in total. The Labute approximate surface area is 117 Å². The highest BCUT2D eigenvalue weighted by molar-refractivity contribution is 5.30. The molecule has 1 unspecified atom stereocenters. The van der Waals surface area contributed by atoms with Gasteiger partial charge in [-0.05, 0) is 42.0 Å². The summed E-state index contributed by atoms with van der Waals surface area (Å²) in [5, 5.41) is 0. The van der Waals surface area contributed by atoms with Crippen molar-refractivity contribution in [3.63, 3.8) is 0 Å². The molecule has 0 fully saturated rings. The molecule has 3 heteroatoms. The summed E-state index contributed by atoms with van der Waals surface area (Å²) in [5.41, 5.74) is 1.44. The monoisotopic (exact) mass is 277 g/mol. The minimum Gasteiger partial charge on any atom is -0.166 e. The maximum atomic E-state index is 12.5. The Morgan fingerprint density at radius 2 is 1.55 bits per heavy atom. The van der Waals surface area contributed by atoms with Crippen molar-refractivity contribution in [1.82, 2.24) is 0 Å². The Kier molecular flexibility index (Phi) is 4.48. The Morgan fingerprint density at radius 1 is 0.950 bits per heavy atom. The van der Waals surface area contributed by atoms with Crippen molar-refractivity contribution in [2.75, 3.05) is 0 Å². The van der Waals surface area contributed by atoms with E-state index in [4.69, 9.17) is 0 Å². The molecule has 0 heterocycles. The fraction of sp³-hybridized carbons (Fsp3) is 0.235. The molecule has 0 aliphatic carbocycles. The fourth-order valence-corrected chi connectivity index (χ4v) is 2.16. The Hall–Kier alpha value is -1.77. The zero-order valence-corrected chi connectivity index (χ0v) is 11.2.